The van der Waals surface area contributed by atoms with Crippen LogP contribution in [-0.4, -0.2) is 20.7 Å². The fourth-order valence-electron chi connectivity index (χ4n) is 2.20. The van der Waals surface area contributed by atoms with Crippen molar-refractivity contribution < 1.29 is 4.79 Å². The number of amides is 1. The Bertz CT molecular complexity index is 875. The van der Waals surface area contributed by atoms with Gasteiger partial charge in [-0.25, -0.2) is 0 Å². The molecule has 0 fully saturated rings. The first-order valence-corrected chi connectivity index (χ1v) is 7.96. The van der Waals surface area contributed by atoms with Gasteiger partial charge in [-0.05, 0) is 29.8 Å². The van der Waals surface area contributed by atoms with Gasteiger partial charge in [-0.2, -0.15) is 5.10 Å². The first-order valence-electron chi connectivity index (χ1n) is 7.20. The van der Waals surface area contributed by atoms with Crippen molar-refractivity contribution in [1.29, 1.82) is 0 Å². The van der Waals surface area contributed by atoms with E-state index in [1.807, 2.05) is 25.4 Å². The number of benzene rings is 1. The predicted molar refractivity (Wildman–Crippen MR) is 94.1 cm³/mol. The van der Waals surface area contributed by atoms with Crippen molar-refractivity contribution in [3.05, 3.63) is 70.1 Å². The highest BCUT2D eigenvalue weighted by atomic mass is 35.5. The molecular weight excluding hydrogens is 347 g/mol. The van der Waals surface area contributed by atoms with Crippen molar-refractivity contribution in [2.45, 2.75) is 6.54 Å². The number of hydrogen-bond donors (Lipinski definition) is 1. The molecule has 1 N–H and O–H groups in total. The summed E-state index contributed by atoms with van der Waals surface area (Å²) < 4.78 is 1.72. The Hall–Kier alpha value is -2.37. The third kappa shape index (κ3) is 3.75. The number of rotatable bonds is 4. The first-order chi connectivity index (χ1) is 11.5. The Morgan fingerprint density at radius 1 is 1.21 bits per heavy atom. The van der Waals surface area contributed by atoms with Crippen LogP contribution in [0.4, 0.5) is 0 Å². The molecule has 0 bridgehead atoms. The van der Waals surface area contributed by atoms with Crippen LogP contribution >= 0.6 is 23.2 Å². The molecule has 0 aliphatic carbocycles. The van der Waals surface area contributed by atoms with Gasteiger partial charge in [0.15, 0.2) is 0 Å². The molecule has 1 aromatic carbocycles. The maximum Gasteiger partial charge on any atom is 0.253 e. The third-order valence-corrected chi connectivity index (χ3v) is 4.00. The molecule has 1 amide bonds. The van der Waals surface area contributed by atoms with Crippen LogP contribution in [0.2, 0.25) is 10.0 Å². The van der Waals surface area contributed by atoms with Gasteiger partial charge in [0.05, 0.1) is 22.5 Å². The molecule has 3 rings (SSSR count). The van der Waals surface area contributed by atoms with E-state index in [1.54, 1.807) is 35.3 Å². The van der Waals surface area contributed by atoms with E-state index in [1.165, 1.54) is 0 Å². The molecule has 122 valence electrons. The fourth-order valence-corrected chi connectivity index (χ4v) is 2.70. The highest BCUT2D eigenvalue weighted by Crippen LogP contribution is 2.21. The van der Waals surface area contributed by atoms with Crippen molar-refractivity contribution in [1.82, 2.24) is 20.1 Å². The van der Waals surface area contributed by atoms with Crippen LogP contribution in [-0.2, 0) is 13.6 Å². The van der Waals surface area contributed by atoms with Gasteiger partial charge in [0, 0.05) is 36.6 Å². The predicted octanol–water partition coefficient (Wildman–Crippen LogP) is 3.72. The van der Waals surface area contributed by atoms with Gasteiger partial charge in [-0.15, -0.1) is 0 Å². The normalized spacial score (nSPS) is 10.6. The van der Waals surface area contributed by atoms with Crippen molar-refractivity contribution >= 4 is 29.1 Å². The van der Waals surface area contributed by atoms with Crippen LogP contribution in [0.15, 0.2) is 48.9 Å². The molecule has 2 heterocycles. The lowest BCUT2D eigenvalue weighted by Crippen LogP contribution is -2.23. The van der Waals surface area contributed by atoms with E-state index in [4.69, 9.17) is 23.2 Å². The van der Waals surface area contributed by atoms with Crippen LogP contribution in [0.5, 0.6) is 0 Å². The van der Waals surface area contributed by atoms with E-state index in [0.29, 0.717) is 22.2 Å². The molecule has 7 heteroatoms. The molecule has 0 spiro atoms. The van der Waals surface area contributed by atoms with E-state index in [9.17, 15) is 4.79 Å². The summed E-state index contributed by atoms with van der Waals surface area (Å²) in [5.41, 5.74) is 3.06. The lowest BCUT2D eigenvalue weighted by atomic mass is 10.2. The third-order valence-electron chi connectivity index (χ3n) is 3.45. The zero-order valence-electron chi connectivity index (χ0n) is 12.8. The minimum Gasteiger partial charge on any atom is -0.348 e. The Kier molecular flexibility index (Phi) is 4.83. The number of carbonyl (C=O) groups excluding carboxylic acids is 1. The van der Waals surface area contributed by atoms with E-state index < -0.39 is 0 Å². The Morgan fingerprint density at radius 3 is 2.67 bits per heavy atom. The van der Waals surface area contributed by atoms with E-state index in [2.05, 4.69) is 15.4 Å². The molecule has 0 aliphatic rings. The molecule has 0 radical (unpaired) electrons. The standard InChI is InChI=1S/C17H14Cl2N4O/c1-23-10-12(9-22-23)16-5-2-11(7-20-16)8-21-17(24)14-4-3-13(18)6-15(14)19/h2-7,9-10H,8H2,1H3,(H,21,24). The van der Waals surface area contributed by atoms with Crippen LogP contribution in [0, 0.1) is 0 Å². The van der Waals surface area contributed by atoms with E-state index in [-0.39, 0.29) is 5.91 Å². The number of aryl methyl sites for hydroxylation is 1. The second-order valence-electron chi connectivity index (χ2n) is 5.26. The molecule has 24 heavy (non-hydrogen) atoms. The largest absolute Gasteiger partial charge is 0.348 e. The number of nitrogens with zero attached hydrogens (tertiary/aromatic N) is 3. The quantitative estimate of drug-likeness (QED) is 0.771. The molecule has 3 aromatic rings. The SMILES string of the molecule is Cn1cc(-c2ccc(CNC(=O)c3ccc(Cl)cc3Cl)cn2)cn1. The number of nitrogens with one attached hydrogen (secondary N) is 1. The maximum atomic E-state index is 12.2. The molecule has 0 atom stereocenters. The monoisotopic (exact) mass is 360 g/mol. The average molecular weight is 361 g/mol. The zero-order valence-corrected chi connectivity index (χ0v) is 14.3. The number of aromatic nitrogens is 3. The van der Waals surface area contributed by atoms with Crippen LogP contribution in [0.25, 0.3) is 11.3 Å². The molecule has 2 aromatic heterocycles. The van der Waals surface area contributed by atoms with Crippen molar-refractivity contribution in [2.24, 2.45) is 7.05 Å². The lowest BCUT2D eigenvalue weighted by Gasteiger charge is -2.07. The molecule has 5 nitrogen and oxygen atoms in total. The van der Waals surface area contributed by atoms with Crippen molar-refractivity contribution in [3.63, 3.8) is 0 Å². The van der Waals surface area contributed by atoms with Gasteiger partial charge in [0.1, 0.15) is 0 Å². The maximum absolute atomic E-state index is 12.2. The number of hydrogen-bond acceptors (Lipinski definition) is 3. The van der Waals surface area contributed by atoms with E-state index >= 15 is 0 Å². The Labute approximate surface area is 149 Å². The smallest absolute Gasteiger partial charge is 0.253 e. The molecule has 0 saturated carbocycles. The summed E-state index contributed by atoms with van der Waals surface area (Å²) >= 11 is 11.9. The second kappa shape index (κ2) is 7.03. The highest BCUT2D eigenvalue weighted by Gasteiger charge is 2.10. The molecular formula is C17H14Cl2N4O. The van der Waals surface area contributed by atoms with Gasteiger partial charge in [-0.1, -0.05) is 29.3 Å². The first kappa shape index (κ1) is 16.5. The van der Waals surface area contributed by atoms with Crippen LogP contribution in [0.1, 0.15) is 15.9 Å². The van der Waals surface area contributed by atoms with Crippen molar-refractivity contribution in [2.75, 3.05) is 0 Å². The van der Waals surface area contributed by atoms with Gasteiger partial charge in [-0.3, -0.25) is 14.5 Å². The van der Waals surface area contributed by atoms with Crippen LogP contribution < -0.4 is 5.32 Å². The lowest BCUT2D eigenvalue weighted by molar-refractivity contribution is 0.0951. The summed E-state index contributed by atoms with van der Waals surface area (Å²) in [6.07, 6.45) is 5.38. The summed E-state index contributed by atoms with van der Waals surface area (Å²) in [6.45, 7) is 0.359. The topological polar surface area (TPSA) is 59.8 Å². The fraction of sp³-hybridized carbons (Fsp3) is 0.118. The number of carbonyl (C=O) groups is 1. The minimum atomic E-state index is -0.256. The summed E-state index contributed by atoms with van der Waals surface area (Å²) in [4.78, 5) is 16.6. The molecule has 0 saturated heterocycles. The molecule has 0 unspecified atom stereocenters. The van der Waals surface area contributed by atoms with Gasteiger partial charge in [0.2, 0.25) is 0 Å². The summed E-state index contributed by atoms with van der Waals surface area (Å²) in [5, 5.41) is 7.75. The number of halogens is 2. The second-order valence-corrected chi connectivity index (χ2v) is 6.10. The van der Waals surface area contributed by atoms with E-state index in [0.717, 1.165) is 16.8 Å². The highest BCUT2D eigenvalue weighted by molar-refractivity contribution is 6.36. The minimum absolute atomic E-state index is 0.256. The van der Waals surface area contributed by atoms with Gasteiger partial charge < -0.3 is 5.32 Å². The van der Waals surface area contributed by atoms with Gasteiger partial charge in [0.25, 0.3) is 5.91 Å². The Morgan fingerprint density at radius 2 is 2.04 bits per heavy atom. The summed E-state index contributed by atoms with van der Waals surface area (Å²) in [6, 6.07) is 8.59. The zero-order chi connectivity index (χ0) is 17.1. The molecule has 0 aliphatic heterocycles. The number of pyridine rings is 1. The van der Waals surface area contributed by atoms with Crippen molar-refractivity contribution in [3.8, 4) is 11.3 Å². The van der Waals surface area contributed by atoms with Gasteiger partial charge >= 0.3 is 0 Å². The Balaban J connectivity index is 1.65. The van der Waals surface area contributed by atoms with Crippen LogP contribution in [0.3, 0.4) is 0 Å². The summed E-state index contributed by atoms with van der Waals surface area (Å²) in [7, 11) is 1.86. The average Bonchev–Trinajstić information content (AvgIpc) is 2.99. The summed E-state index contributed by atoms with van der Waals surface area (Å²) in [5.74, 6) is -0.256.